The Kier molecular flexibility index (Phi) is 2.81. The van der Waals surface area contributed by atoms with E-state index in [2.05, 4.69) is 34.1 Å². The zero-order chi connectivity index (χ0) is 14.2. The molecule has 21 heavy (non-hydrogen) atoms. The Morgan fingerprint density at radius 2 is 1.95 bits per heavy atom. The lowest BCUT2D eigenvalue weighted by molar-refractivity contribution is 0.562. The molecule has 4 rings (SSSR count). The fourth-order valence-corrected chi connectivity index (χ4v) is 2.57. The molecular weight excluding hydrogens is 262 g/mol. The molecule has 1 fully saturated rings. The number of hydrogen-bond acceptors (Lipinski definition) is 4. The summed E-state index contributed by atoms with van der Waals surface area (Å²) in [6, 6.07) is 17.3. The molecule has 3 aromatic rings. The first-order valence-electron chi connectivity index (χ1n) is 7.26. The summed E-state index contributed by atoms with van der Waals surface area (Å²) in [6.07, 6.45) is 2.40. The van der Waals surface area contributed by atoms with E-state index >= 15 is 0 Å². The lowest BCUT2D eigenvalue weighted by Gasteiger charge is -2.20. The van der Waals surface area contributed by atoms with Gasteiger partial charge in [0.2, 0.25) is 0 Å². The van der Waals surface area contributed by atoms with Crippen molar-refractivity contribution in [2.45, 2.75) is 25.4 Å². The van der Waals surface area contributed by atoms with E-state index in [1.54, 1.807) is 0 Å². The lowest BCUT2D eigenvalue weighted by atomic mass is 10.2. The van der Waals surface area contributed by atoms with Crippen molar-refractivity contribution < 1.29 is 4.42 Å². The molecule has 0 unspecified atom stereocenters. The Morgan fingerprint density at radius 3 is 2.71 bits per heavy atom. The Bertz CT molecular complexity index is 762. The maximum atomic E-state index is 5.92. The van der Waals surface area contributed by atoms with Crippen molar-refractivity contribution in [2.75, 3.05) is 10.6 Å². The molecule has 4 heteroatoms. The number of hydrogen-bond donors (Lipinski definition) is 1. The standard InChI is InChI=1S/C17H17N3O/c18-13-6-9-15-16(10-13)21-17(19-15)20(14-7-8-14)11-12-4-2-1-3-5-12/h1-6,9-10,14H,7-8,11,18H2. The van der Waals surface area contributed by atoms with Crippen molar-refractivity contribution in [3.63, 3.8) is 0 Å². The van der Waals surface area contributed by atoms with Crippen molar-refractivity contribution in [3.8, 4) is 0 Å². The van der Waals surface area contributed by atoms with Crippen LogP contribution in [0.4, 0.5) is 11.7 Å². The van der Waals surface area contributed by atoms with Crippen LogP contribution < -0.4 is 10.6 Å². The van der Waals surface area contributed by atoms with Gasteiger partial charge in [-0.15, -0.1) is 0 Å². The maximum absolute atomic E-state index is 5.92. The van der Waals surface area contributed by atoms with Crippen molar-refractivity contribution in [1.82, 2.24) is 4.98 Å². The molecule has 0 radical (unpaired) electrons. The van der Waals surface area contributed by atoms with Crippen molar-refractivity contribution in [2.24, 2.45) is 0 Å². The number of nitrogens with two attached hydrogens (primary N) is 1. The topological polar surface area (TPSA) is 55.3 Å². The molecule has 1 aliphatic rings. The first-order chi connectivity index (χ1) is 10.3. The van der Waals surface area contributed by atoms with Crippen LogP contribution in [-0.4, -0.2) is 11.0 Å². The molecule has 2 aromatic carbocycles. The fraction of sp³-hybridized carbons (Fsp3) is 0.235. The van der Waals surface area contributed by atoms with E-state index in [9.17, 15) is 0 Å². The molecule has 1 saturated carbocycles. The molecule has 0 atom stereocenters. The zero-order valence-corrected chi connectivity index (χ0v) is 11.7. The smallest absolute Gasteiger partial charge is 0.298 e. The number of nitrogens with zero attached hydrogens (tertiary/aromatic N) is 2. The molecule has 106 valence electrons. The molecule has 1 aliphatic carbocycles. The summed E-state index contributed by atoms with van der Waals surface area (Å²) in [5.41, 5.74) is 9.39. The Labute approximate surface area is 123 Å². The molecule has 4 nitrogen and oxygen atoms in total. The maximum Gasteiger partial charge on any atom is 0.298 e. The number of fused-ring (bicyclic) bond motifs is 1. The predicted octanol–water partition coefficient (Wildman–Crippen LogP) is 3.58. The van der Waals surface area contributed by atoms with E-state index in [4.69, 9.17) is 10.2 Å². The van der Waals surface area contributed by atoms with Crippen LogP contribution in [0, 0.1) is 0 Å². The van der Waals surface area contributed by atoms with Gasteiger partial charge in [-0.1, -0.05) is 30.3 Å². The van der Waals surface area contributed by atoms with Gasteiger partial charge in [-0.05, 0) is 30.5 Å². The number of oxazole rings is 1. The molecule has 1 aromatic heterocycles. The van der Waals surface area contributed by atoms with Crippen molar-refractivity contribution in [3.05, 3.63) is 54.1 Å². The average molecular weight is 279 g/mol. The SMILES string of the molecule is Nc1ccc2nc(N(Cc3ccccc3)C3CC3)oc2c1. The number of aromatic nitrogens is 1. The van der Waals surface area contributed by atoms with Crippen LogP contribution in [0.1, 0.15) is 18.4 Å². The summed E-state index contributed by atoms with van der Waals surface area (Å²) in [5, 5.41) is 0. The second kappa shape index (κ2) is 4.81. The minimum atomic E-state index is 0.538. The van der Waals surface area contributed by atoms with Gasteiger partial charge in [0, 0.05) is 24.3 Å². The monoisotopic (exact) mass is 279 g/mol. The third-order valence-electron chi connectivity index (χ3n) is 3.83. The van der Waals surface area contributed by atoms with Gasteiger partial charge in [-0.25, -0.2) is 0 Å². The molecule has 1 heterocycles. The highest BCUT2D eigenvalue weighted by Crippen LogP contribution is 2.34. The third kappa shape index (κ3) is 2.44. The van der Waals surface area contributed by atoms with E-state index in [1.807, 2.05) is 24.3 Å². The van der Waals surface area contributed by atoms with Gasteiger partial charge in [-0.2, -0.15) is 4.98 Å². The summed E-state index contributed by atoms with van der Waals surface area (Å²) in [5.74, 6) is 0. The van der Waals surface area contributed by atoms with Gasteiger partial charge in [-0.3, -0.25) is 0 Å². The average Bonchev–Trinajstić information content (AvgIpc) is 3.25. The van der Waals surface area contributed by atoms with E-state index in [0.717, 1.165) is 17.6 Å². The second-order valence-electron chi connectivity index (χ2n) is 5.57. The molecule has 0 bridgehead atoms. The van der Waals surface area contributed by atoms with Crippen LogP contribution in [0.15, 0.2) is 52.9 Å². The van der Waals surface area contributed by atoms with Crippen molar-refractivity contribution >= 4 is 22.8 Å². The Morgan fingerprint density at radius 1 is 1.14 bits per heavy atom. The summed E-state index contributed by atoms with van der Waals surface area (Å²) < 4.78 is 5.92. The number of rotatable bonds is 4. The first-order valence-corrected chi connectivity index (χ1v) is 7.26. The van der Waals surface area contributed by atoms with Crippen molar-refractivity contribution in [1.29, 1.82) is 0 Å². The molecule has 0 aliphatic heterocycles. The highest BCUT2D eigenvalue weighted by molar-refractivity contribution is 5.78. The highest BCUT2D eigenvalue weighted by Gasteiger charge is 2.32. The van der Waals surface area contributed by atoms with Gasteiger partial charge < -0.3 is 15.1 Å². The van der Waals surface area contributed by atoms with Gasteiger partial charge in [0.05, 0.1) is 0 Å². The highest BCUT2D eigenvalue weighted by atomic mass is 16.4. The number of benzene rings is 2. The number of nitrogen functional groups attached to an aromatic ring is 1. The van der Waals surface area contributed by atoms with Crippen LogP contribution in [0.5, 0.6) is 0 Å². The fourth-order valence-electron chi connectivity index (χ4n) is 2.57. The molecule has 2 N–H and O–H groups in total. The largest absolute Gasteiger partial charge is 0.423 e. The van der Waals surface area contributed by atoms with Crippen LogP contribution in [0.3, 0.4) is 0 Å². The third-order valence-corrected chi connectivity index (χ3v) is 3.83. The summed E-state index contributed by atoms with van der Waals surface area (Å²) in [7, 11) is 0. The summed E-state index contributed by atoms with van der Waals surface area (Å²) in [6.45, 7) is 0.827. The van der Waals surface area contributed by atoms with E-state index < -0.39 is 0 Å². The second-order valence-corrected chi connectivity index (χ2v) is 5.57. The van der Waals surface area contributed by atoms with Crippen LogP contribution >= 0.6 is 0 Å². The Hall–Kier alpha value is -2.49. The van der Waals surface area contributed by atoms with Crippen LogP contribution in [-0.2, 0) is 6.54 Å². The Balaban J connectivity index is 1.69. The van der Waals surface area contributed by atoms with Gasteiger partial charge in [0.25, 0.3) is 6.01 Å². The first kappa shape index (κ1) is 12.3. The summed E-state index contributed by atoms with van der Waals surface area (Å²) >= 11 is 0. The van der Waals surface area contributed by atoms with Crippen LogP contribution in [0.2, 0.25) is 0 Å². The predicted molar refractivity (Wildman–Crippen MR) is 84.1 cm³/mol. The lowest BCUT2D eigenvalue weighted by Crippen LogP contribution is -2.25. The van der Waals surface area contributed by atoms with Crippen LogP contribution in [0.25, 0.3) is 11.1 Å². The summed E-state index contributed by atoms with van der Waals surface area (Å²) in [4.78, 5) is 6.87. The van der Waals surface area contributed by atoms with Gasteiger partial charge >= 0.3 is 0 Å². The van der Waals surface area contributed by atoms with E-state index in [1.165, 1.54) is 18.4 Å². The minimum absolute atomic E-state index is 0.538. The minimum Gasteiger partial charge on any atom is -0.423 e. The normalized spacial score (nSPS) is 14.5. The van der Waals surface area contributed by atoms with E-state index in [0.29, 0.717) is 17.7 Å². The van der Waals surface area contributed by atoms with Gasteiger partial charge in [0.1, 0.15) is 5.52 Å². The molecule has 0 amide bonds. The number of anilines is 2. The molecule has 0 spiro atoms. The molecular formula is C17H17N3O. The van der Waals surface area contributed by atoms with E-state index in [-0.39, 0.29) is 0 Å². The zero-order valence-electron chi connectivity index (χ0n) is 11.7. The molecule has 0 saturated heterocycles. The van der Waals surface area contributed by atoms with Gasteiger partial charge in [0.15, 0.2) is 5.58 Å². The quantitative estimate of drug-likeness (QED) is 0.742.